The van der Waals surface area contributed by atoms with Crippen LogP contribution in [0.2, 0.25) is 0 Å². The van der Waals surface area contributed by atoms with Gasteiger partial charge in [0.15, 0.2) is 0 Å². The van der Waals surface area contributed by atoms with Gasteiger partial charge in [0.25, 0.3) is 0 Å². The highest BCUT2D eigenvalue weighted by Gasteiger charge is 2.17. The van der Waals surface area contributed by atoms with E-state index in [4.69, 9.17) is 5.73 Å². The maximum absolute atomic E-state index is 5.86. The second kappa shape index (κ2) is 4.73. The van der Waals surface area contributed by atoms with E-state index in [1.165, 1.54) is 0 Å². The first kappa shape index (κ1) is 10.9. The van der Waals surface area contributed by atoms with Gasteiger partial charge in [0.05, 0.1) is 0 Å². The molecule has 2 nitrogen and oxygen atoms in total. The summed E-state index contributed by atoms with van der Waals surface area (Å²) in [5.41, 5.74) is 5.86. The minimum absolute atomic E-state index is 0.303. The van der Waals surface area contributed by atoms with Gasteiger partial charge in [0.1, 0.15) is 0 Å². The highest BCUT2D eigenvalue weighted by atomic mass is 15.1. The highest BCUT2D eigenvalue weighted by Crippen LogP contribution is 2.14. The monoisotopic (exact) mass is 158 g/mol. The lowest BCUT2D eigenvalue weighted by Gasteiger charge is -2.27. The van der Waals surface area contributed by atoms with Crippen LogP contribution in [0.5, 0.6) is 0 Å². The van der Waals surface area contributed by atoms with Crippen LogP contribution in [-0.4, -0.2) is 31.6 Å². The third kappa shape index (κ3) is 4.38. The molecule has 0 saturated carbocycles. The topological polar surface area (TPSA) is 29.3 Å². The van der Waals surface area contributed by atoms with Crippen LogP contribution < -0.4 is 5.73 Å². The Kier molecular flexibility index (Phi) is 4.69. The molecule has 2 unspecified atom stereocenters. The summed E-state index contributed by atoms with van der Waals surface area (Å²) < 4.78 is 0. The van der Waals surface area contributed by atoms with Gasteiger partial charge in [-0.1, -0.05) is 13.8 Å². The van der Waals surface area contributed by atoms with Gasteiger partial charge >= 0.3 is 0 Å². The van der Waals surface area contributed by atoms with Crippen LogP contribution in [0.3, 0.4) is 0 Å². The van der Waals surface area contributed by atoms with Crippen molar-refractivity contribution in [1.82, 2.24) is 4.90 Å². The molecular weight excluding hydrogens is 136 g/mol. The third-order valence-corrected chi connectivity index (χ3v) is 2.11. The van der Waals surface area contributed by atoms with Gasteiger partial charge in [0, 0.05) is 12.6 Å². The maximum Gasteiger partial charge on any atom is 0.00534 e. The molecule has 0 rings (SSSR count). The summed E-state index contributed by atoms with van der Waals surface area (Å²) >= 11 is 0. The van der Waals surface area contributed by atoms with E-state index in [9.17, 15) is 0 Å². The minimum atomic E-state index is 0.303. The van der Waals surface area contributed by atoms with Crippen LogP contribution in [0.25, 0.3) is 0 Å². The van der Waals surface area contributed by atoms with Crippen molar-refractivity contribution < 1.29 is 0 Å². The van der Waals surface area contributed by atoms with Crippen LogP contribution in [0, 0.1) is 11.8 Å². The highest BCUT2D eigenvalue weighted by molar-refractivity contribution is 4.73. The zero-order chi connectivity index (χ0) is 9.02. The zero-order valence-electron chi connectivity index (χ0n) is 8.46. The molecule has 2 N–H and O–H groups in total. The molecule has 68 valence electrons. The van der Waals surface area contributed by atoms with Gasteiger partial charge < -0.3 is 10.6 Å². The van der Waals surface area contributed by atoms with Gasteiger partial charge in [0.2, 0.25) is 0 Å². The Morgan fingerprint density at radius 3 is 1.73 bits per heavy atom. The van der Waals surface area contributed by atoms with E-state index in [0.29, 0.717) is 17.9 Å². The van der Waals surface area contributed by atoms with Crippen molar-refractivity contribution in [2.45, 2.75) is 26.8 Å². The first-order chi connectivity index (χ1) is 4.95. The molecule has 11 heavy (non-hydrogen) atoms. The number of nitrogens with two attached hydrogens (primary N) is 1. The van der Waals surface area contributed by atoms with Crippen molar-refractivity contribution in [2.75, 3.05) is 20.6 Å². The molecule has 0 aliphatic heterocycles. The Morgan fingerprint density at radius 2 is 1.64 bits per heavy atom. The smallest absolute Gasteiger partial charge is 0.00534 e. The second-order valence-corrected chi connectivity index (χ2v) is 4.03. The van der Waals surface area contributed by atoms with E-state index >= 15 is 0 Å². The summed E-state index contributed by atoms with van der Waals surface area (Å²) in [6.07, 6.45) is 0. The molecule has 2 atom stereocenters. The van der Waals surface area contributed by atoms with Crippen molar-refractivity contribution in [2.24, 2.45) is 17.6 Å². The van der Waals surface area contributed by atoms with Gasteiger partial charge in [-0.15, -0.1) is 0 Å². The van der Waals surface area contributed by atoms with Crippen LogP contribution in [0.4, 0.5) is 0 Å². The van der Waals surface area contributed by atoms with Crippen molar-refractivity contribution in [3.63, 3.8) is 0 Å². The van der Waals surface area contributed by atoms with Crippen LogP contribution >= 0.6 is 0 Å². The molecule has 0 spiro atoms. The molecule has 0 aromatic rings. The number of nitrogens with zero attached hydrogens (tertiary/aromatic N) is 1. The molecule has 0 radical (unpaired) electrons. The largest absolute Gasteiger partial charge is 0.328 e. The first-order valence-electron chi connectivity index (χ1n) is 4.35. The Morgan fingerprint density at radius 1 is 1.18 bits per heavy atom. The average Bonchev–Trinajstić information content (AvgIpc) is 1.81. The molecule has 0 saturated heterocycles. The zero-order valence-corrected chi connectivity index (χ0v) is 8.46. The molecule has 0 fully saturated rings. The van der Waals surface area contributed by atoms with E-state index < -0.39 is 0 Å². The molecule has 0 aromatic carbocycles. The quantitative estimate of drug-likeness (QED) is 0.665. The van der Waals surface area contributed by atoms with Crippen LogP contribution in [-0.2, 0) is 0 Å². The summed E-state index contributed by atoms with van der Waals surface area (Å²) in [4.78, 5) is 2.20. The van der Waals surface area contributed by atoms with E-state index in [2.05, 4.69) is 39.8 Å². The lowest BCUT2D eigenvalue weighted by atomic mass is 9.89. The average molecular weight is 158 g/mol. The molecule has 0 bridgehead atoms. The maximum atomic E-state index is 5.86. The van der Waals surface area contributed by atoms with Gasteiger partial charge in [-0.2, -0.15) is 0 Å². The van der Waals surface area contributed by atoms with Crippen molar-refractivity contribution in [3.8, 4) is 0 Å². The predicted octanol–water partition coefficient (Wildman–Crippen LogP) is 1.17. The van der Waals surface area contributed by atoms with Crippen molar-refractivity contribution in [3.05, 3.63) is 0 Å². The fourth-order valence-corrected chi connectivity index (χ4v) is 1.41. The molecule has 0 aliphatic carbocycles. The van der Waals surface area contributed by atoms with E-state index in [1.807, 2.05) is 0 Å². The van der Waals surface area contributed by atoms with Crippen molar-refractivity contribution in [1.29, 1.82) is 0 Å². The minimum Gasteiger partial charge on any atom is -0.328 e. The number of hydrogen-bond acceptors (Lipinski definition) is 2. The third-order valence-electron chi connectivity index (χ3n) is 2.11. The lowest BCUT2D eigenvalue weighted by Crippen LogP contribution is -2.37. The molecule has 2 heteroatoms. The van der Waals surface area contributed by atoms with E-state index in [1.54, 1.807) is 0 Å². The summed E-state index contributed by atoms with van der Waals surface area (Å²) in [5.74, 6) is 1.29. The second-order valence-electron chi connectivity index (χ2n) is 4.03. The summed E-state index contributed by atoms with van der Waals surface area (Å²) in [5, 5.41) is 0. The van der Waals surface area contributed by atoms with Gasteiger partial charge in [-0.05, 0) is 32.9 Å². The summed E-state index contributed by atoms with van der Waals surface area (Å²) in [6.45, 7) is 7.65. The number of hydrogen-bond donors (Lipinski definition) is 1. The van der Waals surface area contributed by atoms with Crippen LogP contribution in [0.15, 0.2) is 0 Å². The standard InChI is InChI=1S/C9H22N2/c1-7(2)9(8(3)10)6-11(4)5/h7-9H,6,10H2,1-5H3. The fourth-order valence-electron chi connectivity index (χ4n) is 1.41. The first-order valence-corrected chi connectivity index (χ1v) is 4.35. The molecule has 0 aromatic heterocycles. The molecule has 0 amide bonds. The summed E-state index contributed by atoms with van der Waals surface area (Å²) in [7, 11) is 4.19. The Bertz CT molecular complexity index is 89.7. The summed E-state index contributed by atoms with van der Waals surface area (Å²) in [6, 6.07) is 0.303. The van der Waals surface area contributed by atoms with E-state index in [-0.39, 0.29) is 0 Å². The predicted molar refractivity (Wildman–Crippen MR) is 50.5 cm³/mol. The van der Waals surface area contributed by atoms with Gasteiger partial charge in [-0.25, -0.2) is 0 Å². The normalized spacial score (nSPS) is 17.5. The van der Waals surface area contributed by atoms with E-state index in [0.717, 1.165) is 6.54 Å². The lowest BCUT2D eigenvalue weighted by molar-refractivity contribution is 0.241. The number of rotatable bonds is 4. The molecule has 0 heterocycles. The SMILES string of the molecule is CC(C)C(CN(C)C)C(C)N. The molecular formula is C9H22N2. The Hall–Kier alpha value is -0.0800. The Labute approximate surface area is 70.8 Å². The Balaban J connectivity index is 3.90. The van der Waals surface area contributed by atoms with Crippen molar-refractivity contribution >= 4 is 0 Å². The van der Waals surface area contributed by atoms with Crippen LogP contribution in [0.1, 0.15) is 20.8 Å². The fraction of sp³-hybridized carbons (Fsp3) is 1.00. The molecule has 0 aliphatic rings. The van der Waals surface area contributed by atoms with Gasteiger partial charge in [-0.3, -0.25) is 0 Å².